The molecule has 200 valence electrons. The number of halogens is 3. The maximum absolute atomic E-state index is 14.2. The Morgan fingerprint density at radius 2 is 1.85 bits per heavy atom. The predicted octanol–water partition coefficient (Wildman–Crippen LogP) is 5.47. The van der Waals surface area contributed by atoms with Gasteiger partial charge in [0.25, 0.3) is 10.0 Å². The molecule has 1 aliphatic rings. The van der Waals surface area contributed by atoms with Crippen molar-refractivity contribution in [2.45, 2.75) is 49.2 Å². The minimum atomic E-state index is -4.82. The number of hydrogen-bond acceptors (Lipinski definition) is 6. The number of imidazole rings is 1. The Hall–Kier alpha value is -4.18. The van der Waals surface area contributed by atoms with Crippen LogP contribution in [0.2, 0.25) is 0 Å². The van der Waals surface area contributed by atoms with Gasteiger partial charge in [0.1, 0.15) is 5.52 Å². The van der Waals surface area contributed by atoms with Crippen molar-refractivity contribution in [1.29, 1.82) is 5.26 Å². The van der Waals surface area contributed by atoms with Gasteiger partial charge in [-0.05, 0) is 37.0 Å². The van der Waals surface area contributed by atoms with Crippen molar-refractivity contribution in [3.63, 3.8) is 0 Å². The Labute approximate surface area is 221 Å². The van der Waals surface area contributed by atoms with E-state index in [1.807, 2.05) is 0 Å². The van der Waals surface area contributed by atoms with Crippen LogP contribution in [0.1, 0.15) is 44.0 Å². The maximum Gasteiger partial charge on any atom is 0.450 e. The van der Waals surface area contributed by atoms with Crippen molar-refractivity contribution >= 4 is 32.1 Å². The van der Waals surface area contributed by atoms with Crippen LogP contribution in [0.5, 0.6) is 0 Å². The average molecular weight is 554 g/mol. The van der Waals surface area contributed by atoms with E-state index < -0.39 is 22.0 Å². The molecule has 9 nitrogen and oxygen atoms in total. The predicted molar refractivity (Wildman–Crippen MR) is 135 cm³/mol. The zero-order valence-electron chi connectivity index (χ0n) is 20.5. The molecule has 39 heavy (non-hydrogen) atoms. The molecule has 0 aliphatic heterocycles. The third-order valence-corrected chi connectivity index (χ3v) is 8.96. The minimum absolute atomic E-state index is 0.0191. The first kappa shape index (κ1) is 25.1. The van der Waals surface area contributed by atoms with E-state index in [2.05, 4.69) is 21.1 Å². The van der Waals surface area contributed by atoms with E-state index in [4.69, 9.17) is 0 Å². The molecule has 5 aromatic rings. The summed E-state index contributed by atoms with van der Waals surface area (Å²) in [6, 6.07) is 11.1. The summed E-state index contributed by atoms with van der Waals surface area (Å²) < 4.78 is 72.8. The number of nitriles is 1. The number of aromatic nitrogens is 6. The van der Waals surface area contributed by atoms with Gasteiger partial charge in [-0.25, -0.2) is 22.4 Å². The second-order valence-electron chi connectivity index (χ2n) is 9.58. The van der Waals surface area contributed by atoms with Crippen LogP contribution in [0.4, 0.5) is 13.2 Å². The molecule has 1 fully saturated rings. The van der Waals surface area contributed by atoms with Crippen LogP contribution in [-0.4, -0.2) is 36.7 Å². The summed E-state index contributed by atoms with van der Waals surface area (Å²) in [6.07, 6.45) is 4.55. The van der Waals surface area contributed by atoms with E-state index >= 15 is 0 Å². The summed E-state index contributed by atoms with van der Waals surface area (Å²) in [5.74, 6) is -0.963. The lowest BCUT2D eigenvalue weighted by Gasteiger charge is -2.21. The largest absolute Gasteiger partial charge is 0.450 e. The molecule has 1 saturated carbocycles. The van der Waals surface area contributed by atoms with E-state index in [0.29, 0.717) is 0 Å². The van der Waals surface area contributed by atoms with Crippen molar-refractivity contribution in [3.8, 4) is 11.8 Å². The summed E-state index contributed by atoms with van der Waals surface area (Å²) in [6.45, 7) is 0. The van der Waals surface area contributed by atoms with Crippen LogP contribution in [0.15, 0.2) is 66.1 Å². The third kappa shape index (κ3) is 4.15. The van der Waals surface area contributed by atoms with E-state index in [-0.39, 0.29) is 51.0 Å². The third-order valence-electron chi connectivity index (χ3n) is 7.28. The molecule has 4 heterocycles. The first-order valence-corrected chi connectivity index (χ1v) is 13.8. The molecule has 0 radical (unpaired) electrons. The van der Waals surface area contributed by atoms with Gasteiger partial charge in [0, 0.05) is 17.8 Å². The molecule has 13 heteroatoms. The van der Waals surface area contributed by atoms with Crippen molar-refractivity contribution in [2.75, 3.05) is 0 Å². The van der Waals surface area contributed by atoms with Crippen molar-refractivity contribution in [3.05, 3.63) is 67.0 Å². The Morgan fingerprint density at radius 1 is 1.10 bits per heavy atom. The lowest BCUT2D eigenvalue weighted by molar-refractivity contribution is -0.145. The topological polar surface area (TPSA) is 111 Å². The smallest absolute Gasteiger partial charge is 0.285 e. The summed E-state index contributed by atoms with van der Waals surface area (Å²) >= 11 is 0. The van der Waals surface area contributed by atoms with E-state index in [1.54, 1.807) is 22.9 Å². The fourth-order valence-electron chi connectivity index (χ4n) is 5.50. The van der Waals surface area contributed by atoms with Crippen LogP contribution >= 0.6 is 0 Å². The van der Waals surface area contributed by atoms with Gasteiger partial charge in [0.15, 0.2) is 5.65 Å². The Bertz CT molecular complexity index is 1830. The van der Waals surface area contributed by atoms with Gasteiger partial charge in [-0.3, -0.25) is 9.25 Å². The van der Waals surface area contributed by atoms with Crippen molar-refractivity contribution in [1.82, 2.24) is 28.3 Å². The molecule has 1 atom stereocenters. The molecule has 0 N–H and O–H groups in total. The highest BCUT2D eigenvalue weighted by atomic mass is 32.2. The highest BCUT2D eigenvalue weighted by Gasteiger charge is 2.39. The van der Waals surface area contributed by atoms with Crippen molar-refractivity contribution < 1.29 is 21.6 Å². The standard InChI is InChI=1S/C26H22F3N7O2S/c27-26(28,29)25-33-21-15-31-24-20(11-13-35(24)39(37,38)19-8-2-1-3-9-19)23(21)36(25)18-14-32-34(16-18)22(10-12-30)17-6-4-5-7-17/h1-3,8-9,11,13-17,22H,4-7,10H2. The van der Waals surface area contributed by atoms with E-state index in [1.165, 1.54) is 36.8 Å². The van der Waals surface area contributed by atoms with Crippen LogP contribution < -0.4 is 0 Å². The molecule has 1 unspecified atom stereocenters. The fraction of sp³-hybridized carbons (Fsp3) is 0.308. The summed E-state index contributed by atoms with van der Waals surface area (Å²) in [7, 11) is -4.06. The normalized spacial score (nSPS) is 15.7. The fourth-order valence-corrected chi connectivity index (χ4v) is 6.83. The van der Waals surface area contributed by atoms with Gasteiger partial charge < -0.3 is 0 Å². The second-order valence-corrected chi connectivity index (χ2v) is 11.4. The van der Waals surface area contributed by atoms with Crippen molar-refractivity contribution in [2.24, 2.45) is 5.92 Å². The first-order chi connectivity index (χ1) is 18.7. The molecule has 0 saturated heterocycles. The Morgan fingerprint density at radius 3 is 2.54 bits per heavy atom. The molecule has 1 aromatic carbocycles. The summed E-state index contributed by atoms with van der Waals surface area (Å²) in [5, 5.41) is 13.9. The van der Waals surface area contributed by atoms with Gasteiger partial charge >= 0.3 is 6.18 Å². The number of nitrogens with zero attached hydrogens (tertiary/aromatic N) is 7. The second kappa shape index (κ2) is 9.23. The molecular formula is C26H22F3N7O2S. The monoisotopic (exact) mass is 553 g/mol. The lowest BCUT2D eigenvalue weighted by atomic mass is 9.96. The molecule has 4 aromatic heterocycles. The average Bonchev–Trinajstić information content (AvgIpc) is 3.71. The highest BCUT2D eigenvalue weighted by molar-refractivity contribution is 7.90. The van der Waals surface area contributed by atoms with Gasteiger partial charge in [-0.15, -0.1) is 0 Å². The van der Waals surface area contributed by atoms with Gasteiger partial charge in [0.05, 0.1) is 47.0 Å². The van der Waals surface area contributed by atoms with E-state index in [0.717, 1.165) is 40.4 Å². The molecule has 0 amide bonds. The SMILES string of the molecule is N#CCC(C1CCCC1)n1cc(-n2c(C(F)(F)F)nc3cnc4c(ccn4S(=O)(=O)c4ccccc4)c32)cn1. The molecule has 6 rings (SSSR count). The minimum Gasteiger partial charge on any atom is -0.285 e. The quantitative estimate of drug-likeness (QED) is 0.276. The Kier molecular flexibility index (Phi) is 5.95. The number of pyridine rings is 1. The highest BCUT2D eigenvalue weighted by Crippen LogP contribution is 2.39. The van der Waals surface area contributed by atoms with Gasteiger partial charge in [-0.1, -0.05) is 31.0 Å². The zero-order valence-corrected chi connectivity index (χ0v) is 21.3. The van der Waals surface area contributed by atoms with Gasteiger partial charge in [-0.2, -0.15) is 23.5 Å². The van der Waals surface area contributed by atoms with Crippen LogP contribution in [0, 0.1) is 17.2 Å². The first-order valence-electron chi connectivity index (χ1n) is 12.4. The number of fused-ring (bicyclic) bond motifs is 3. The molecule has 0 spiro atoms. The molecule has 1 aliphatic carbocycles. The zero-order chi connectivity index (χ0) is 27.4. The van der Waals surface area contributed by atoms with E-state index in [9.17, 15) is 26.9 Å². The molecule has 0 bridgehead atoms. The van der Waals surface area contributed by atoms with Gasteiger partial charge in [0.2, 0.25) is 5.82 Å². The summed E-state index contributed by atoms with van der Waals surface area (Å²) in [5.41, 5.74) is 0.104. The maximum atomic E-state index is 14.2. The number of hydrogen-bond donors (Lipinski definition) is 0. The lowest BCUT2D eigenvalue weighted by Crippen LogP contribution is -2.18. The summed E-state index contributed by atoms with van der Waals surface area (Å²) in [4.78, 5) is 8.04. The van der Waals surface area contributed by atoms with Crippen LogP contribution in [0.3, 0.4) is 0 Å². The number of alkyl halides is 3. The van der Waals surface area contributed by atoms with Crippen LogP contribution in [0.25, 0.3) is 27.8 Å². The van der Waals surface area contributed by atoms with Crippen LogP contribution in [-0.2, 0) is 16.2 Å². The molecular weight excluding hydrogens is 531 g/mol. The Balaban J connectivity index is 1.55. The number of rotatable bonds is 6. The number of benzene rings is 1.